The highest BCUT2D eigenvalue weighted by molar-refractivity contribution is 5.83. The van der Waals surface area contributed by atoms with Crippen LogP contribution >= 0.6 is 0 Å². The first-order valence-corrected chi connectivity index (χ1v) is 5.79. The van der Waals surface area contributed by atoms with Crippen molar-refractivity contribution >= 4 is 10.8 Å². The summed E-state index contributed by atoms with van der Waals surface area (Å²) in [5.41, 5.74) is 5.36. The minimum atomic E-state index is -0.494. The van der Waals surface area contributed by atoms with Gasteiger partial charge < -0.3 is 15.6 Å². The third kappa shape index (κ3) is 3.19. The molecule has 0 bridgehead atoms. The number of ether oxygens (including phenoxy) is 1. The molecular formula is C14H17NO2. The van der Waals surface area contributed by atoms with Gasteiger partial charge in [0.1, 0.15) is 12.4 Å². The van der Waals surface area contributed by atoms with Gasteiger partial charge in [0.25, 0.3) is 0 Å². The van der Waals surface area contributed by atoms with Crippen LogP contribution in [0.1, 0.15) is 6.42 Å². The van der Waals surface area contributed by atoms with E-state index in [1.165, 1.54) is 5.39 Å². The van der Waals surface area contributed by atoms with Crippen molar-refractivity contribution < 1.29 is 9.84 Å². The van der Waals surface area contributed by atoms with E-state index in [0.717, 1.165) is 11.1 Å². The molecule has 2 aromatic rings. The van der Waals surface area contributed by atoms with Gasteiger partial charge in [-0.15, -0.1) is 0 Å². The van der Waals surface area contributed by atoms with Crippen LogP contribution in [0.25, 0.3) is 10.8 Å². The van der Waals surface area contributed by atoms with Crippen molar-refractivity contribution in [2.45, 2.75) is 12.5 Å². The molecule has 0 aromatic heterocycles. The average molecular weight is 231 g/mol. The van der Waals surface area contributed by atoms with Crippen LogP contribution in [0.5, 0.6) is 5.75 Å². The Kier molecular flexibility index (Phi) is 3.96. The first kappa shape index (κ1) is 11.9. The molecule has 0 heterocycles. The standard InChI is InChI=1S/C14H17NO2/c15-8-7-13(16)10-17-14-6-5-11-3-1-2-4-12(11)9-14/h1-6,9,13,16H,7-8,10,15H2. The zero-order valence-electron chi connectivity index (χ0n) is 9.67. The summed E-state index contributed by atoms with van der Waals surface area (Å²) in [5.74, 6) is 0.778. The summed E-state index contributed by atoms with van der Waals surface area (Å²) in [5, 5.41) is 11.8. The molecule has 17 heavy (non-hydrogen) atoms. The van der Waals surface area contributed by atoms with E-state index in [-0.39, 0.29) is 6.61 Å². The molecule has 0 saturated heterocycles. The van der Waals surface area contributed by atoms with Crippen LogP contribution in [0.2, 0.25) is 0 Å². The fourth-order valence-corrected chi connectivity index (χ4v) is 1.73. The number of aliphatic hydroxyl groups excluding tert-OH is 1. The van der Waals surface area contributed by atoms with Crippen molar-refractivity contribution in [1.29, 1.82) is 0 Å². The molecule has 0 fully saturated rings. The molecule has 90 valence electrons. The third-order valence-electron chi connectivity index (χ3n) is 2.66. The maximum atomic E-state index is 9.52. The molecule has 1 unspecified atom stereocenters. The van der Waals surface area contributed by atoms with Crippen LogP contribution in [0.15, 0.2) is 42.5 Å². The molecule has 0 radical (unpaired) electrons. The minimum Gasteiger partial charge on any atom is -0.491 e. The quantitative estimate of drug-likeness (QED) is 0.826. The Balaban J connectivity index is 2.04. The average Bonchev–Trinajstić information content (AvgIpc) is 2.36. The van der Waals surface area contributed by atoms with Crippen molar-refractivity contribution in [2.24, 2.45) is 5.73 Å². The lowest BCUT2D eigenvalue weighted by atomic mass is 10.1. The van der Waals surface area contributed by atoms with Gasteiger partial charge >= 0.3 is 0 Å². The molecule has 0 aliphatic carbocycles. The highest BCUT2D eigenvalue weighted by Crippen LogP contribution is 2.20. The lowest BCUT2D eigenvalue weighted by Crippen LogP contribution is -2.21. The molecule has 2 aromatic carbocycles. The predicted octanol–water partition coefficient (Wildman–Crippen LogP) is 1.93. The Morgan fingerprint density at radius 2 is 1.88 bits per heavy atom. The van der Waals surface area contributed by atoms with Gasteiger partial charge in [0.05, 0.1) is 6.10 Å². The number of nitrogens with two attached hydrogens (primary N) is 1. The number of fused-ring (bicyclic) bond motifs is 1. The van der Waals surface area contributed by atoms with E-state index >= 15 is 0 Å². The van der Waals surface area contributed by atoms with E-state index in [2.05, 4.69) is 6.07 Å². The summed E-state index contributed by atoms with van der Waals surface area (Å²) in [4.78, 5) is 0. The van der Waals surface area contributed by atoms with E-state index in [0.29, 0.717) is 13.0 Å². The Morgan fingerprint density at radius 1 is 1.12 bits per heavy atom. The monoisotopic (exact) mass is 231 g/mol. The second kappa shape index (κ2) is 5.66. The number of hydrogen-bond donors (Lipinski definition) is 2. The van der Waals surface area contributed by atoms with Gasteiger partial charge in [0, 0.05) is 0 Å². The van der Waals surface area contributed by atoms with Gasteiger partial charge in [0.15, 0.2) is 0 Å². The summed E-state index contributed by atoms with van der Waals surface area (Å²) < 4.78 is 5.52. The Bertz CT molecular complexity index is 484. The molecule has 2 rings (SSSR count). The molecule has 0 amide bonds. The molecule has 3 nitrogen and oxygen atoms in total. The second-order valence-corrected chi connectivity index (χ2v) is 4.05. The molecular weight excluding hydrogens is 214 g/mol. The van der Waals surface area contributed by atoms with Crippen molar-refractivity contribution in [3.05, 3.63) is 42.5 Å². The van der Waals surface area contributed by atoms with E-state index in [1.54, 1.807) is 0 Å². The fourth-order valence-electron chi connectivity index (χ4n) is 1.73. The lowest BCUT2D eigenvalue weighted by Gasteiger charge is -2.11. The summed E-state index contributed by atoms with van der Waals surface area (Å²) >= 11 is 0. The van der Waals surface area contributed by atoms with Gasteiger partial charge in [0.2, 0.25) is 0 Å². The summed E-state index contributed by atoms with van der Waals surface area (Å²) in [6.07, 6.45) is 0.0691. The molecule has 3 heteroatoms. The predicted molar refractivity (Wildman–Crippen MR) is 69.1 cm³/mol. The summed E-state index contributed by atoms with van der Waals surface area (Å²) in [6.45, 7) is 0.762. The molecule has 0 aliphatic heterocycles. The lowest BCUT2D eigenvalue weighted by molar-refractivity contribution is 0.102. The maximum absolute atomic E-state index is 9.52. The van der Waals surface area contributed by atoms with E-state index in [1.807, 2.05) is 36.4 Å². The fraction of sp³-hybridized carbons (Fsp3) is 0.286. The largest absolute Gasteiger partial charge is 0.491 e. The van der Waals surface area contributed by atoms with Crippen molar-refractivity contribution in [3.63, 3.8) is 0 Å². The number of aliphatic hydroxyl groups is 1. The van der Waals surface area contributed by atoms with Gasteiger partial charge in [-0.3, -0.25) is 0 Å². The van der Waals surface area contributed by atoms with Crippen LogP contribution in [0, 0.1) is 0 Å². The first-order valence-electron chi connectivity index (χ1n) is 5.79. The normalized spacial score (nSPS) is 12.6. The first-order chi connectivity index (χ1) is 8.29. The van der Waals surface area contributed by atoms with E-state index in [9.17, 15) is 5.11 Å². The molecule has 0 spiro atoms. The number of benzene rings is 2. The molecule has 1 atom stereocenters. The van der Waals surface area contributed by atoms with Crippen LogP contribution < -0.4 is 10.5 Å². The smallest absolute Gasteiger partial charge is 0.120 e. The van der Waals surface area contributed by atoms with Gasteiger partial charge in [-0.05, 0) is 35.9 Å². The summed E-state index contributed by atoms with van der Waals surface area (Å²) in [6, 6.07) is 14.0. The molecule has 0 aliphatic rings. The number of hydrogen-bond acceptors (Lipinski definition) is 3. The van der Waals surface area contributed by atoms with E-state index in [4.69, 9.17) is 10.5 Å². The van der Waals surface area contributed by atoms with Crippen LogP contribution in [-0.2, 0) is 0 Å². The number of rotatable bonds is 5. The SMILES string of the molecule is NCCC(O)COc1ccc2ccccc2c1. The third-order valence-corrected chi connectivity index (χ3v) is 2.66. The molecule has 3 N–H and O–H groups in total. The minimum absolute atomic E-state index is 0.287. The zero-order chi connectivity index (χ0) is 12.1. The highest BCUT2D eigenvalue weighted by atomic mass is 16.5. The summed E-state index contributed by atoms with van der Waals surface area (Å²) in [7, 11) is 0. The van der Waals surface area contributed by atoms with Crippen molar-refractivity contribution in [1.82, 2.24) is 0 Å². The molecule has 0 saturated carbocycles. The van der Waals surface area contributed by atoms with Gasteiger partial charge in [-0.2, -0.15) is 0 Å². The van der Waals surface area contributed by atoms with Crippen molar-refractivity contribution in [2.75, 3.05) is 13.2 Å². The van der Waals surface area contributed by atoms with Gasteiger partial charge in [-0.25, -0.2) is 0 Å². The van der Waals surface area contributed by atoms with Gasteiger partial charge in [-0.1, -0.05) is 30.3 Å². The topological polar surface area (TPSA) is 55.5 Å². The van der Waals surface area contributed by atoms with Crippen molar-refractivity contribution in [3.8, 4) is 5.75 Å². The Morgan fingerprint density at radius 3 is 2.65 bits per heavy atom. The Hall–Kier alpha value is -1.58. The Labute approximate surface area is 101 Å². The second-order valence-electron chi connectivity index (χ2n) is 4.05. The van der Waals surface area contributed by atoms with E-state index < -0.39 is 6.10 Å². The van der Waals surface area contributed by atoms with Crippen LogP contribution in [0.3, 0.4) is 0 Å². The van der Waals surface area contributed by atoms with Crippen LogP contribution in [0.4, 0.5) is 0 Å². The zero-order valence-corrected chi connectivity index (χ0v) is 9.67. The highest BCUT2D eigenvalue weighted by Gasteiger charge is 2.04. The van der Waals surface area contributed by atoms with Crippen LogP contribution in [-0.4, -0.2) is 24.4 Å². The maximum Gasteiger partial charge on any atom is 0.120 e.